The Labute approximate surface area is 65.6 Å². The number of rotatable bonds is 3. The van der Waals surface area contributed by atoms with Gasteiger partial charge in [0.05, 0.1) is 7.77 Å². The molecular formula is C5H7F2O3S+. The van der Waals surface area contributed by atoms with Gasteiger partial charge in [-0.05, 0) is 0 Å². The fourth-order valence-corrected chi connectivity index (χ4v) is 1.17. The fraction of sp³-hybridized carbons (Fsp3) is 0.800. The van der Waals surface area contributed by atoms with E-state index in [1.54, 1.807) is 0 Å². The molecule has 1 fully saturated rings. The highest BCUT2D eigenvalue weighted by Gasteiger charge is 2.29. The van der Waals surface area contributed by atoms with E-state index in [9.17, 15) is 12.6 Å². The molecule has 0 radical (unpaired) electrons. The first-order valence-electron chi connectivity index (χ1n) is 3.05. The van der Waals surface area contributed by atoms with E-state index in [0.717, 1.165) is 0 Å². The molecule has 0 aliphatic carbocycles. The van der Waals surface area contributed by atoms with Gasteiger partial charge in [0.15, 0.2) is 5.75 Å². The van der Waals surface area contributed by atoms with E-state index in [-0.39, 0.29) is 18.8 Å². The van der Waals surface area contributed by atoms with Crippen molar-refractivity contribution in [2.45, 2.75) is 12.5 Å². The molecule has 1 aliphatic heterocycles. The van der Waals surface area contributed by atoms with Crippen LogP contribution in [0.1, 0.15) is 6.42 Å². The van der Waals surface area contributed by atoms with Gasteiger partial charge in [-0.25, -0.2) is 4.79 Å². The highest BCUT2D eigenvalue weighted by Crippen LogP contribution is 2.12. The van der Waals surface area contributed by atoms with Crippen LogP contribution in [0.5, 0.6) is 0 Å². The van der Waals surface area contributed by atoms with Crippen LogP contribution in [0.4, 0.5) is 12.6 Å². The van der Waals surface area contributed by atoms with E-state index in [2.05, 4.69) is 9.47 Å². The summed E-state index contributed by atoms with van der Waals surface area (Å²) in [6.07, 6.45) is -1.04. The lowest BCUT2D eigenvalue weighted by Gasteiger charge is -1.98. The number of halogens is 2. The van der Waals surface area contributed by atoms with Crippen LogP contribution < -0.4 is 0 Å². The molecule has 11 heavy (non-hydrogen) atoms. The standard InChI is InChI=1S/C5H7F2O3S/c6-11(7)2-1-4-3-9-5(8)10-4/h4H,1-3H2/q+1. The SMILES string of the molecule is O=C1OCC(CC[S+](F)F)O1. The molecule has 64 valence electrons. The second-order valence-corrected chi connectivity index (χ2v) is 3.03. The molecular weight excluding hydrogens is 178 g/mol. The number of cyclic esters (lactones) is 2. The maximum absolute atomic E-state index is 11.6. The van der Waals surface area contributed by atoms with Gasteiger partial charge in [0.1, 0.15) is 12.7 Å². The van der Waals surface area contributed by atoms with Gasteiger partial charge in [0.2, 0.25) is 0 Å². The average Bonchev–Trinajstić information content (AvgIpc) is 2.31. The zero-order valence-corrected chi connectivity index (χ0v) is 6.40. The Morgan fingerprint density at radius 1 is 1.64 bits per heavy atom. The van der Waals surface area contributed by atoms with Crippen molar-refractivity contribution in [1.29, 1.82) is 0 Å². The van der Waals surface area contributed by atoms with Crippen molar-refractivity contribution in [3.05, 3.63) is 0 Å². The van der Waals surface area contributed by atoms with Gasteiger partial charge in [-0.3, -0.25) is 0 Å². The fourth-order valence-electron chi connectivity index (χ4n) is 0.728. The molecule has 1 aliphatic rings. The molecule has 0 amide bonds. The topological polar surface area (TPSA) is 35.5 Å². The molecule has 0 spiro atoms. The van der Waals surface area contributed by atoms with Gasteiger partial charge in [0, 0.05) is 6.42 Å². The summed E-state index contributed by atoms with van der Waals surface area (Å²) in [7, 11) is 0. The zero-order chi connectivity index (χ0) is 8.27. The summed E-state index contributed by atoms with van der Waals surface area (Å²) in [4.78, 5) is 10.3. The van der Waals surface area contributed by atoms with Crippen molar-refractivity contribution in [2.75, 3.05) is 12.4 Å². The van der Waals surface area contributed by atoms with E-state index in [1.807, 2.05) is 0 Å². The smallest absolute Gasteiger partial charge is 0.430 e. The highest BCUT2D eigenvalue weighted by atomic mass is 32.3. The molecule has 1 atom stereocenters. The maximum Gasteiger partial charge on any atom is 0.508 e. The van der Waals surface area contributed by atoms with Crippen molar-refractivity contribution in [3.8, 4) is 0 Å². The predicted octanol–water partition coefficient (Wildman–Crippen LogP) is 1.30. The average molecular weight is 185 g/mol. The molecule has 6 heteroatoms. The Balaban J connectivity index is 2.13. The minimum Gasteiger partial charge on any atom is -0.430 e. The van der Waals surface area contributed by atoms with Crippen LogP contribution in [0, 0.1) is 0 Å². The summed E-state index contributed by atoms with van der Waals surface area (Å²) in [5, 5.41) is 0. The number of ether oxygens (including phenoxy) is 2. The molecule has 0 aromatic heterocycles. The summed E-state index contributed by atoms with van der Waals surface area (Å²) in [5.74, 6) is -0.221. The van der Waals surface area contributed by atoms with Gasteiger partial charge in [0.25, 0.3) is 0 Å². The molecule has 0 bridgehead atoms. The molecule has 1 rings (SSSR count). The van der Waals surface area contributed by atoms with Gasteiger partial charge in [-0.2, -0.15) is 0 Å². The summed E-state index contributed by atoms with van der Waals surface area (Å²) >= 11 is -2.57. The largest absolute Gasteiger partial charge is 0.508 e. The Morgan fingerprint density at radius 2 is 2.36 bits per heavy atom. The Bertz CT molecular complexity index is 153. The van der Waals surface area contributed by atoms with Crippen LogP contribution in [-0.2, 0) is 21.1 Å². The summed E-state index contributed by atoms with van der Waals surface area (Å²) in [6.45, 7) is 0.107. The van der Waals surface area contributed by atoms with E-state index in [1.165, 1.54) is 0 Å². The first-order chi connectivity index (χ1) is 5.18. The maximum atomic E-state index is 11.6. The van der Waals surface area contributed by atoms with Crippen LogP contribution in [0.3, 0.4) is 0 Å². The lowest BCUT2D eigenvalue weighted by Crippen LogP contribution is -2.13. The van der Waals surface area contributed by atoms with Crippen LogP contribution in [0.25, 0.3) is 0 Å². The third-order valence-electron chi connectivity index (χ3n) is 1.24. The molecule has 1 heterocycles. The zero-order valence-electron chi connectivity index (χ0n) is 5.59. The van der Waals surface area contributed by atoms with Crippen LogP contribution in [-0.4, -0.2) is 24.6 Å². The first-order valence-corrected chi connectivity index (χ1v) is 4.25. The Kier molecular flexibility index (Phi) is 2.92. The number of hydrogen-bond donors (Lipinski definition) is 0. The number of carbonyl (C=O) groups is 1. The van der Waals surface area contributed by atoms with Gasteiger partial charge in [-0.15, -0.1) is 0 Å². The highest BCUT2D eigenvalue weighted by molar-refractivity contribution is 7.86. The predicted molar refractivity (Wildman–Crippen MR) is 35.3 cm³/mol. The van der Waals surface area contributed by atoms with Crippen molar-refractivity contribution in [2.24, 2.45) is 0 Å². The molecule has 0 saturated carbocycles. The van der Waals surface area contributed by atoms with Crippen LogP contribution in [0.15, 0.2) is 0 Å². The Morgan fingerprint density at radius 3 is 2.82 bits per heavy atom. The van der Waals surface area contributed by atoms with Gasteiger partial charge < -0.3 is 9.47 Å². The van der Waals surface area contributed by atoms with E-state index < -0.39 is 23.9 Å². The minimum absolute atomic E-state index is 0.107. The molecule has 0 N–H and O–H groups in total. The molecule has 1 unspecified atom stereocenters. The molecule has 3 nitrogen and oxygen atoms in total. The normalized spacial score (nSPS) is 23.5. The molecule has 0 aromatic carbocycles. The van der Waals surface area contributed by atoms with E-state index in [0.29, 0.717) is 0 Å². The third-order valence-corrected chi connectivity index (χ3v) is 1.79. The van der Waals surface area contributed by atoms with E-state index >= 15 is 0 Å². The van der Waals surface area contributed by atoms with Crippen molar-refractivity contribution >= 4 is 17.8 Å². The van der Waals surface area contributed by atoms with Crippen LogP contribution >= 0.6 is 0 Å². The molecule has 1 saturated heterocycles. The third kappa shape index (κ3) is 2.92. The summed E-state index contributed by atoms with van der Waals surface area (Å²) in [5.41, 5.74) is 0. The second-order valence-electron chi connectivity index (χ2n) is 2.07. The summed E-state index contributed by atoms with van der Waals surface area (Å²) in [6, 6.07) is 0. The molecule has 0 aromatic rings. The minimum atomic E-state index is -2.57. The quantitative estimate of drug-likeness (QED) is 0.491. The summed E-state index contributed by atoms with van der Waals surface area (Å²) < 4.78 is 32.2. The number of carbonyl (C=O) groups excluding carboxylic acids is 1. The van der Waals surface area contributed by atoms with Crippen LogP contribution in [0.2, 0.25) is 0 Å². The lowest BCUT2D eigenvalue weighted by molar-refractivity contribution is 0.117. The van der Waals surface area contributed by atoms with Gasteiger partial charge in [-0.1, -0.05) is 0 Å². The number of hydrogen-bond acceptors (Lipinski definition) is 3. The van der Waals surface area contributed by atoms with Crippen molar-refractivity contribution in [3.63, 3.8) is 0 Å². The van der Waals surface area contributed by atoms with Gasteiger partial charge >= 0.3 is 17.8 Å². The monoisotopic (exact) mass is 185 g/mol. The van der Waals surface area contributed by atoms with E-state index in [4.69, 9.17) is 0 Å². The van der Waals surface area contributed by atoms with Crippen molar-refractivity contribution < 1.29 is 22.0 Å². The second kappa shape index (κ2) is 3.75. The van der Waals surface area contributed by atoms with Crippen molar-refractivity contribution in [1.82, 2.24) is 0 Å². The lowest BCUT2D eigenvalue weighted by atomic mass is 10.3. The first kappa shape index (κ1) is 8.58. The Hall–Kier alpha value is -0.520.